The van der Waals surface area contributed by atoms with E-state index in [9.17, 15) is 14.7 Å². The van der Waals surface area contributed by atoms with Crippen molar-refractivity contribution >= 4 is 11.6 Å². The minimum Gasteiger partial charge on any atom is -0.504 e. The molecule has 3 heteroatoms. The first kappa shape index (κ1) is 17.2. The fourth-order valence-electron chi connectivity index (χ4n) is 5.41. The van der Waals surface area contributed by atoms with Gasteiger partial charge in [0.05, 0.1) is 0 Å². The van der Waals surface area contributed by atoms with E-state index in [4.69, 9.17) is 0 Å². The summed E-state index contributed by atoms with van der Waals surface area (Å²) < 4.78 is 0. The highest BCUT2D eigenvalue weighted by molar-refractivity contribution is 6.00. The van der Waals surface area contributed by atoms with E-state index < -0.39 is 0 Å². The Balaban J connectivity index is 2.05. The Labute approximate surface area is 144 Å². The minimum atomic E-state index is -0.201. The van der Waals surface area contributed by atoms with Gasteiger partial charge in [-0.3, -0.25) is 9.59 Å². The van der Waals surface area contributed by atoms with Crippen molar-refractivity contribution in [3.05, 3.63) is 35.1 Å². The van der Waals surface area contributed by atoms with Crippen LogP contribution < -0.4 is 0 Å². The number of aliphatic hydroxyl groups excluding tert-OH is 1. The van der Waals surface area contributed by atoms with Crippen LogP contribution in [0.1, 0.15) is 59.8 Å². The Kier molecular flexibility index (Phi) is 4.09. The number of allylic oxidation sites excluding steroid dienone is 6. The molecule has 0 spiro atoms. The quantitative estimate of drug-likeness (QED) is 0.799. The summed E-state index contributed by atoms with van der Waals surface area (Å²) in [5, 5.41) is 10.5. The van der Waals surface area contributed by atoms with Crippen LogP contribution in [0, 0.1) is 22.7 Å². The van der Waals surface area contributed by atoms with E-state index in [1.165, 1.54) is 0 Å². The van der Waals surface area contributed by atoms with Crippen molar-refractivity contribution in [2.45, 2.75) is 59.8 Å². The number of aliphatic hydroxyl groups is 1. The molecule has 1 N–H and O–H groups in total. The molecule has 0 amide bonds. The molecule has 0 heterocycles. The molecule has 3 aliphatic carbocycles. The van der Waals surface area contributed by atoms with Crippen LogP contribution in [0.2, 0.25) is 0 Å². The zero-order chi connectivity index (χ0) is 17.7. The number of Topliss-reactive ketones (excluding diaryl/α,β-unsaturated/α-hetero) is 2. The van der Waals surface area contributed by atoms with Crippen LogP contribution >= 0.6 is 0 Å². The second-order valence-electron chi connectivity index (χ2n) is 8.63. The lowest BCUT2D eigenvalue weighted by Gasteiger charge is -2.55. The highest BCUT2D eigenvalue weighted by Crippen LogP contribution is 2.59. The van der Waals surface area contributed by atoms with Crippen LogP contribution in [-0.4, -0.2) is 16.7 Å². The molecule has 0 aromatic rings. The first-order valence-corrected chi connectivity index (χ1v) is 9.04. The fraction of sp³-hybridized carbons (Fsp3) is 0.619. The number of fused-ring (bicyclic) bond motifs is 1. The molecule has 0 aliphatic heterocycles. The van der Waals surface area contributed by atoms with Crippen molar-refractivity contribution in [3.8, 4) is 0 Å². The largest absolute Gasteiger partial charge is 0.504 e. The normalized spacial score (nSPS) is 36.2. The van der Waals surface area contributed by atoms with Gasteiger partial charge >= 0.3 is 0 Å². The standard InChI is InChI=1S/C21H28O3/c1-13-15(10-9-14-7-5-8-16(14)22)21(4)12-6-11-20(2,3)19(21)18(24)17(13)23/h7,9-10,15,19,23H,5-6,8,11-12H2,1-4H3/b10-9+/t15-,19+,21-/m1/s1. The monoisotopic (exact) mass is 328 g/mol. The summed E-state index contributed by atoms with van der Waals surface area (Å²) >= 11 is 0. The summed E-state index contributed by atoms with van der Waals surface area (Å²) in [7, 11) is 0. The van der Waals surface area contributed by atoms with E-state index in [1.807, 2.05) is 19.1 Å². The van der Waals surface area contributed by atoms with Gasteiger partial charge in [0, 0.05) is 23.8 Å². The highest BCUT2D eigenvalue weighted by Gasteiger charge is 2.57. The Morgan fingerprint density at radius 3 is 2.54 bits per heavy atom. The van der Waals surface area contributed by atoms with Crippen LogP contribution in [0.15, 0.2) is 35.1 Å². The van der Waals surface area contributed by atoms with Gasteiger partial charge in [0.15, 0.2) is 11.5 Å². The smallest absolute Gasteiger partial charge is 0.201 e. The predicted molar refractivity (Wildman–Crippen MR) is 94.5 cm³/mol. The van der Waals surface area contributed by atoms with Gasteiger partial charge in [-0.2, -0.15) is 0 Å². The summed E-state index contributed by atoms with van der Waals surface area (Å²) in [4.78, 5) is 24.7. The van der Waals surface area contributed by atoms with E-state index in [-0.39, 0.29) is 40.0 Å². The first-order valence-electron chi connectivity index (χ1n) is 9.04. The van der Waals surface area contributed by atoms with Crippen molar-refractivity contribution in [3.63, 3.8) is 0 Å². The third-order valence-electron chi connectivity index (χ3n) is 6.55. The molecule has 130 valence electrons. The molecular weight excluding hydrogens is 300 g/mol. The van der Waals surface area contributed by atoms with Crippen molar-refractivity contribution in [1.29, 1.82) is 0 Å². The molecular formula is C21H28O3. The average molecular weight is 328 g/mol. The minimum absolute atomic E-state index is 0.00549. The van der Waals surface area contributed by atoms with Crippen LogP contribution in [0.4, 0.5) is 0 Å². The van der Waals surface area contributed by atoms with Crippen LogP contribution in [-0.2, 0) is 9.59 Å². The maximum Gasteiger partial charge on any atom is 0.201 e. The van der Waals surface area contributed by atoms with Crippen molar-refractivity contribution in [2.75, 3.05) is 0 Å². The second kappa shape index (κ2) is 5.72. The van der Waals surface area contributed by atoms with Gasteiger partial charge in [0.2, 0.25) is 5.78 Å². The predicted octanol–water partition coefficient (Wildman–Crippen LogP) is 4.70. The Hall–Kier alpha value is -1.64. The summed E-state index contributed by atoms with van der Waals surface area (Å²) in [6.07, 6.45) is 10.4. The van der Waals surface area contributed by atoms with Gasteiger partial charge in [-0.25, -0.2) is 0 Å². The molecule has 0 bridgehead atoms. The topological polar surface area (TPSA) is 54.4 Å². The lowest BCUT2D eigenvalue weighted by Crippen LogP contribution is -2.53. The molecule has 3 nitrogen and oxygen atoms in total. The number of carbonyl (C=O) groups is 2. The van der Waals surface area contributed by atoms with Crippen molar-refractivity contribution in [2.24, 2.45) is 22.7 Å². The van der Waals surface area contributed by atoms with Gasteiger partial charge in [-0.05, 0) is 42.6 Å². The molecule has 3 atom stereocenters. The molecule has 1 fully saturated rings. The molecule has 0 radical (unpaired) electrons. The summed E-state index contributed by atoms with van der Waals surface area (Å²) in [5.41, 5.74) is 1.20. The maximum atomic E-state index is 12.9. The van der Waals surface area contributed by atoms with Crippen molar-refractivity contribution < 1.29 is 14.7 Å². The van der Waals surface area contributed by atoms with Gasteiger partial charge in [-0.15, -0.1) is 0 Å². The number of hydrogen-bond acceptors (Lipinski definition) is 3. The van der Waals surface area contributed by atoms with Gasteiger partial charge in [0.1, 0.15) is 0 Å². The van der Waals surface area contributed by atoms with E-state index in [0.717, 1.165) is 36.8 Å². The molecule has 1 saturated carbocycles. The lowest BCUT2D eigenvalue weighted by atomic mass is 9.48. The SMILES string of the molecule is CC1=C(O)C(=O)[C@H]2C(C)(C)CCC[C@]2(C)[C@@H]1/C=C/C1=CCCC1=O. The molecule has 3 rings (SSSR count). The molecule has 0 unspecified atom stereocenters. The molecule has 0 aromatic carbocycles. The Morgan fingerprint density at radius 1 is 1.21 bits per heavy atom. The van der Waals surface area contributed by atoms with Gasteiger partial charge < -0.3 is 5.11 Å². The van der Waals surface area contributed by atoms with Crippen LogP contribution in [0.25, 0.3) is 0 Å². The molecule has 24 heavy (non-hydrogen) atoms. The summed E-state index contributed by atoms with van der Waals surface area (Å²) in [5.74, 6) is -0.150. The van der Waals surface area contributed by atoms with Crippen LogP contribution in [0.3, 0.4) is 0 Å². The third kappa shape index (κ3) is 2.49. The van der Waals surface area contributed by atoms with Crippen LogP contribution in [0.5, 0.6) is 0 Å². The molecule has 3 aliphatic rings. The van der Waals surface area contributed by atoms with Gasteiger partial charge in [0.25, 0.3) is 0 Å². The number of rotatable bonds is 2. The maximum absolute atomic E-state index is 12.9. The average Bonchev–Trinajstić information content (AvgIpc) is 2.89. The zero-order valence-electron chi connectivity index (χ0n) is 15.2. The Bertz CT molecular complexity index is 677. The van der Waals surface area contributed by atoms with E-state index in [1.54, 1.807) is 0 Å². The fourth-order valence-corrected chi connectivity index (χ4v) is 5.41. The first-order chi connectivity index (χ1) is 11.2. The zero-order valence-corrected chi connectivity index (χ0v) is 15.2. The number of carbonyl (C=O) groups excluding carboxylic acids is 2. The number of hydrogen-bond donors (Lipinski definition) is 1. The van der Waals surface area contributed by atoms with E-state index in [2.05, 4.69) is 26.8 Å². The summed E-state index contributed by atoms with van der Waals surface area (Å²) in [6, 6.07) is 0. The van der Waals surface area contributed by atoms with Gasteiger partial charge in [-0.1, -0.05) is 45.4 Å². The Morgan fingerprint density at radius 2 is 1.92 bits per heavy atom. The number of ketones is 2. The van der Waals surface area contributed by atoms with E-state index >= 15 is 0 Å². The van der Waals surface area contributed by atoms with E-state index in [0.29, 0.717) is 6.42 Å². The summed E-state index contributed by atoms with van der Waals surface area (Å²) in [6.45, 7) is 8.33. The lowest BCUT2D eigenvalue weighted by molar-refractivity contribution is -0.139. The van der Waals surface area contributed by atoms with Crippen molar-refractivity contribution in [1.82, 2.24) is 0 Å². The highest BCUT2D eigenvalue weighted by atomic mass is 16.3. The molecule has 0 aromatic heterocycles. The molecule has 0 saturated heterocycles. The third-order valence-corrected chi connectivity index (χ3v) is 6.55. The second-order valence-corrected chi connectivity index (χ2v) is 8.63.